The third-order valence-electron chi connectivity index (χ3n) is 2.86. The Bertz CT molecular complexity index is 144. The molecule has 90 valence electrons. The molecule has 1 atom stereocenters. The van der Waals surface area contributed by atoms with Gasteiger partial charge in [-0.2, -0.15) is 11.8 Å². The molecular weight excluding hydrogens is 208 g/mol. The minimum absolute atomic E-state index is 0.712. The van der Waals surface area contributed by atoms with Gasteiger partial charge in [0.25, 0.3) is 0 Å². The van der Waals surface area contributed by atoms with Crippen molar-refractivity contribution < 1.29 is 4.74 Å². The maximum atomic E-state index is 5.15. The SMILES string of the molecule is COCCN(CCSC)CC1CCCN1. The Morgan fingerprint density at radius 2 is 2.33 bits per heavy atom. The Balaban J connectivity index is 2.19. The number of hydrogen-bond donors (Lipinski definition) is 1. The summed E-state index contributed by atoms with van der Waals surface area (Å²) < 4.78 is 5.15. The van der Waals surface area contributed by atoms with Crippen molar-refractivity contribution in [3.8, 4) is 0 Å². The highest BCUT2D eigenvalue weighted by Crippen LogP contribution is 2.07. The topological polar surface area (TPSA) is 24.5 Å². The first-order valence-electron chi connectivity index (χ1n) is 5.80. The molecular formula is C11H24N2OS. The lowest BCUT2D eigenvalue weighted by Crippen LogP contribution is -2.40. The fraction of sp³-hybridized carbons (Fsp3) is 1.00. The molecule has 0 aliphatic carbocycles. The largest absolute Gasteiger partial charge is 0.383 e. The van der Waals surface area contributed by atoms with Gasteiger partial charge in [-0.15, -0.1) is 0 Å². The number of hydrogen-bond acceptors (Lipinski definition) is 4. The van der Waals surface area contributed by atoms with Crippen molar-refractivity contribution >= 4 is 11.8 Å². The lowest BCUT2D eigenvalue weighted by Gasteiger charge is -2.25. The quantitative estimate of drug-likeness (QED) is 0.676. The van der Waals surface area contributed by atoms with Gasteiger partial charge >= 0.3 is 0 Å². The second-order valence-electron chi connectivity index (χ2n) is 4.08. The van der Waals surface area contributed by atoms with E-state index < -0.39 is 0 Å². The number of rotatable bonds is 8. The van der Waals surface area contributed by atoms with Gasteiger partial charge in [0.2, 0.25) is 0 Å². The van der Waals surface area contributed by atoms with Crippen molar-refractivity contribution in [3.05, 3.63) is 0 Å². The molecule has 0 radical (unpaired) electrons. The van der Waals surface area contributed by atoms with Crippen LogP contribution in [0, 0.1) is 0 Å². The molecule has 1 N–H and O–H groups in total. The van der Waals surface area contributed by atoms with E-state index in [-0.39, 0.29) is 0 Å². The van der Waals surface area contributed by atoms with E-state index in [2.05, 4.69) is 16.5 Å². The number of ether oxygens (including phenoxy) is 1. The number of methoxy groups -OCH3 is 1. The third kappa shape index (κ3) is 5.76. The summed E-state index contributed by atoms with van der Waals surface area (Å²) in [6.07, 6.45) is 4.84. The fourth-order valence-corrected chi connectivity index (χ4v) is 2.40. The standard InChI is InChI=1S/C11H24N2OS/c1-14-8-6-13(7-9-15-2)10-11-4-3-5-12-11/h11-12H,3-10H2,1-2H3. The second kappa shape index (κ2) is 8.39. The van der Waals surface area contributed by atoms with Crippen molar-refractivity contribution in [2.75, 3.05) is 51.9 Å². The first-order valence-corrected chi connectivity index (χ1v) is 7.20. The molecule has 1 heterocycles. The summed E-state index contributed by atoms with van der Waals surface area (Å²) in [6.45, 7) is 5.48. The van der Waals surface area contributed by atoms with Crippen molar-refractivity contribution in [2.24, 2.45) is 0 Å². The number of nitrogens with one attached hydrogen (secondary N) is 1. The van der Waals surface area contributed by atoms with Crippen LogP contribution in [0.3, 0.4) is 0 Å². The van der Waals surface area contributed by atoms with Gasteiger partial charge < -0.3 is 10.1 Å². The van der Waals surface area contributed by atoms with E-state index in [1.165, 1.54) is 38.2 Å². The van der Waals surface area contributed by atoms with Crippen LogP contribution in [0.25, 0.3) is 0 Å². The molecule has 3 nitrogen and oxygen atoms in total. The van der Waals surface area contributed by atoms with Crippen molar-refractivity contribution in [3.63, 3.8) is 0 Å². The summed E-state index contributed by atoms with van der Waals surface area (Å²) in [5.41, 5.74) is 0. The predicted octanol–water partition coefficient (Wildman–Crippen LogP) is 1.05. The Morgan fingerprint density at radius 3 is 2.93 bits per heavy atom. The Morgan fingerprint density at radius 1 is 1.47 bits per heavy atom. The van der Waals surface area contributed by atoms with Gasteiger partial charge in [-0.3, -0.25) is 4.90 Å². The zero-order chi connectivity index (χ0) is 10.9. The minimum atomic E-state index is 0.712. The van der Waals surface area contributed by atoms with E-state index >= 15 is 0 Å². The second-order valence-corrected chi connectivity index (χ2v) is 5.07. The van der Waals surface area contributed by atoms with Crippen LogP contribution in [0.4, 0.5) is 0 Å². The zero-order valence-electron chi connectivity index (χ0n) is 10.00. The zero-order valence-corrected chi connectivity index (χ0v) is 10.8. The van der Waals surface area contributed by atoms with Crippen molar-refractivity contribution in [1.82, 2.24) is 10.2 Å². The maximum Gasteiger partial charge on any atom is 0.0589 e. The smallest absolute Gasteiger partial charge is 0.0589 e. The van der Waals surface area contributed by atoms with Crippen LogP contribution in [0.1, 0.15) is 12.8 Å². The summed E-state index contributed by atoms with van der Waals surface area (Å²) in [7, 11) is 1.78. The average Bonchev–Trinajstić information content (AvgIpc) is 2.74. The summed E-state index contributed by atoms with van der Waals surface area (Å²) in [5, 5.41) is 3.55. The molecule has 0 aromatic heterocycles. The average molecular weight is 232 g/mol. The molecule has 0 spiro atoms. The molecule has 0 bridgehead atoms. The van der Waals surface area contributed by atoms with Gasteiger partial charge in [-0.1, -0.05) is 0 Å². The normalized spacial score (nSPS) is 21.4. The van der Waals surface area contributed by atoms with Gasteiger partial charge in [-0.05, 0) is 25.6 Å². The molecule has 0 aromatic rings. The first kappa shape index (κ1) is 13.3. The first-order chi connectivity index (χ1) is 7.36. The number of nitrogens with zero attached hydrogens (tertiary/aromatic N) is 1. The maximum absolute atomic E-state index is 5.15. The summed E-state index contributed by atoms with van der Waals surface area (Å²) in [4.78, 5) is 2.52. The van der Waals surface area contributed by atoms with Gasteiger partial charge in [0.05, 0.1) is 6.61 Å². The summed E-state index contributed by atoms with van der Waals surface area (Å²) in [6, 6.07) is 0.712. The molecule has 1 rings (SSSR count). The van der Waals surface area contributed by atoms with Gasteiger partial charge in [0.1, 0.15) is 0 Å². The van der Waals surface area contributed by atoms with Gasteiger partial charge in [0, 0.05) is 38.5 Å². The molecule has 1 aliphatic heterocycles. The summed E-state index contributed by atoms with van der Waals surface area (Å²) in [5.74, 6) is 1.22. The Kier molecular flexibility index (Phi) is 7.44. The van der Waals surface area contributed by atoms with Crippen molar-refractivity contribution in [2.45, 2.75) is 18.9 Å². The summed E-state index contributed by atoms with van der Waals surface area (Å²) >= 11 is 1.92. The van der Waals surface area contributed by atoms with Crippen LogP contribution in [-0.4, -0.2) is 62.8 Å². The van der Waals surface area contributed by atoms with Crippen LogP contribution in [0.2, 0.25) is 0 Å². The van der Waals surface area contributed by atoms with Gasteiger partial charge in [-0.25, -0.2) is 0 Å². The van der Waals surface area contributed by atoms with Crippen LogP contribution < -0.4 is 5.32 Å². The van der Waals surface area contributed by atoms with Crippen LogP contribution >= 0.6 is 11.8 Å². The number of thioether (sulfide) groups is 1. The molecule has 1 fully saturated rings. The Hall–Kier alpha value is 0.230. The van der Waals surface area contributed by atoms with Crippen LogP contribution in [0.5, 0.6) is 0 Å². The van der Waals surface area contributed by atoms with E-state index in [9.17, 15) is 0 Å². The van der Waals surface area contributed by atoms with Crippen LogP contribution in [-0.2, 0) is 4.74 Å². The monoisotopic (exact) mass is 232 g/mol. The van der Waals surface area contributed by atoms with E-state index in [1.807, 2.05) is 11.8 Å². The van der Waals surface area contributed by atoms with Crippen molar-refractivity contribution in [1.29, 1.82) is 0 Å². The predicted molar refractivity (Wildman–Crippen MR) is 67.7 cm³/mol. The highest BCUT2D eigenvalue weighted by Gasteiger charge is 2.17. The highest BCUT2D eigenvalue weighted by molar-refractivity contribution is 7.98. The van der Waals surface area contributed by atoms with Crippen LogP contribution in [0.15, 0.2) is 0 Å². The minimum Gasteiger partial charge on any atom is -0.383 e. The molecule has 1 aliphatic rings. The third-order valence-corrected chi connectivity index (χ3v) is 3.46. The highest BCUT2D eigenvalue weighted by atomic mass is 32.2. The molecule has 1 unspecified atom stereocenters. The fourth-order valence-electron chi connectivity index (χ4n) is 1.96. The van der Waals surface area contributed by atoms with E-state index in [1.54, 1.807) is 7.11 Å². The lowest BCUT2D eigenvalue weighted by molar-refractivity contribution is 0.146. The molecule has 1 saturated heterocycles. The molecule has 0 saturated carbocycles. The van der Waals surface area contributed by atoms with E-state index in [4.69, 9.17) is 4.74 Å². The lowest BCUT2D eigenvalue weighted by atomic mass is 10.2. The Labute approximate surface area is 97.9 Å². The molecule has 0 aromatic carbocycles. The van der Waals surface area contributed by atoms with E-state index in [0.29, 0.717) is 6.04 Å². The molecule has 4 heteroatoms. The van der Waals surface area contributed by atoms with Gasteiger partial charge in [0.15, 0.2) is 0 Å². The molecule has 0 amide bonds. The van der Waals surface area contributed by atoms with E-state index in [0.717, 1.165) is 13.2 Å². The molecule has 15 heavy (non-hydrogen) atoms.